The highest BCUT2D eigenvalue weighted by Crippen LogP contribution is 2.30. The lowest BCUT2D eigenvalue weighted by Crippen LogP contribution is -2.47. The molecule has 5 rings (SSSR count). The second-order valence-electron chi connectivity index (χ2n) is 8.32. The van der Waals surface area contributed by atoms with E-state index in [-0.39, 0.29) is 18.0 Å². The number of amides is 1. The Hall–Kier alpha value is -4.20. The fourth-order valence-electron chi connectivity index (χ4n) is 4.37. The van der Waals surface area contributed by atoms with E-state index in [1.54, 1.807) is 13.2 Å². The SMILES string of the molecule is COc1ccccc1N1CCN(c2nc(CNC(=O)c3cccc(F)c3)nc3ccccc23)CC1. The standard InChI is InChI=1S/C27H26FN5O2/c1-35-24-12-5-4-11-23(24)32-13-15-33(16-14-32)26-21-9-2-3-10-22(21)30-25(31-26)18-29-27(34)19-7-6-8-20(28)17-19/h2-12,17H,13-16,18H2,1H3,(H,29,34). The molecule has 3 aromatic carbocycles. The van der Waals surface area contributed by atoms with Crippen LogP contribution in [0.1, 0.15) is 16.2 Å². The number of halogens is 1. The molecule has 1 fully saturated rings. The summed E-state index contributed by atoms with van der Waals surface area (Å²) in [7, 11) is 1.69. The molecule has 0 bridgehead atoms. The predicted molar refractivity (Wildman–Crippen MR) is 135 cm³/mol. The van der Waals surface area contributed by atoms with Crippen LogP contribution >= 0.6 is 0 Å². The topological polar surface area (TPSA) is 70.6 Å². The van der Waals surface area contributed by atoms with E-state index < -0.39 is 5.82 Å². The highest BCUT2D eigenvalue weighted by Gasteiger charge is 2.22. The van der Waals surface area contributed by atoms with Crippen molar-refractivity contribution >= 4 is 28.3 Å². The van der Waals surface area contributed by atoms with E-state index in [2.05, 4.69) is 26.2 Å². The molecular weight excluding hydrogens is 445 g/mol. The molecule has 1 N–H and O–H groups in total. The zero-order valence-corrected chi connectivity index (χ0v) is 19.4. The van der Waals surface area contributed by atoms with Crippen molar-refractivity contribution in [1.82, 2.24) is 15.3 Å². The Balaban J connectivity index is 1.35. The number of nitrogens with zero attached hydrogens (tertiary/aromatic N) is 4. The Morgan fingerprint density at radius 3 is 2.49 bits per heavy atom. The van der Waals surface area contributed by atoms with Gasteiger partial charge in [-0.2, -0.15) is 0 Å². The van der Waals surface area contributed by atoms with Gasteiger partial charge in [0, 0.05) is 37.1 Å². The van der Waals surface area contributed by atoms with Crippen LogP contribution in [0.4, 0.5) is 15.9 Å². The van der Waals surface area contributed by atoms with Crippen LogP contribution in [0.5, 0.6) is 5.75 Å². The number of hydrogen-bond donors (Lipinski definition) is 1. The van der Waals surface area contributed by atoms with Gasteiger partial charge < -0.3 is 19.9 Å². The number of rotatable bonds is 6. The van der Waals surface area contributed by atoms with Gasteiger partial charge in [0.15, 0.2) is 5.82 Å². The van der Waals surface area contributed by atoms with Crippen LogP contribution in [0.25, 0.3) is 10.9 Å². The molecule has 0 atom stereocenters. The first-order valence-corrected chi connectivity index (χ1v) is 11.5. The molecule has 178 valence electrons. The number of piperazine rings is 1. The van der Waals surface area contributed by atoms with Crippen molar-refractivity contribution in [2.75, 3.05) is 43.1 Å². The molecule has 7 nitrogen and oxygen atoms in total. The third-order valence-corrected chi connectivity index (χ3v) is 6.13. The van der Waals surface area contributed by atoms with Crippen molar-refractivity contribution in [1.29, 1.82) is 0 Å². The van der Waals surface area contributed by atoms with Crippen LogP contribution in [0.3, 0.4) is 0 Å². The molecule has 1 aromatic heterocycles. The first kappa shape index (κ1) is 22.6. The van der Waals surface area contributed by atoms with E-state index in [4.69, 9.17) is 9.72 Å². The number of aromatic nitrogens is 2. The number of ether oxygens (including phenoxy) is 1. The first-order valence-electron chi connectivity index (χ1n) is 11.5. The third-order valence-electron chi connectivity index (χ3n) is 6.13. The minimum atomic E-state index is -0.450. The van der Waals surface area contributed by atoms with Gasteiger partial charge in [0.1, 0.15) is 17.4 Å². The second kappa shape index (κ2) is 9.97. The number of nitrogens with one attached hydrogen (secondary N) is 1. The Morgan fingerprint density at radius 2 is 1.69 bits per heavy atom. The summed E-state index contributed by atoms with van der Waals surface area (Å²) in [5.74, 6) is 1.41. The van der Waals surface area contributed by atoms with Gasteiger partial charge in [-0.1, -0.05) is 30.3 Å². The van der Waals surface area contributed by atoms with E-state index >= 15 is 0 Å². The fourth-order valence-corrected chi connectivity index (χ4v) is 4.37. The monoisotopic (exact) mass is 471 g/mol. The van der Waals surface area contributed by atoms with Crippen LogP contribution < -0.4 is 19.9 Å². The summed E-state index contributed by atoms with van der Waals surface area (Å²) in [6.07, 6.45) is 0. The van der Waals surface area contributed by atoms with Crippen LogP contribution in [-0.4, -0.2) is 49.2 Å². The molecule has 0 saturated carbocycles. The highest BCUT2D eigenvalue weighted by molar-refractivity contribution is 5.94. The zero-order chi connectivity index (χ0) is 24.2. The number of fused-ring (bicyclic) bond motifs is 1. The summed E-state index contributed by atoms with van der Waals surface area (Å²) >= 11 is 0. The van der Waals surface area contributed by atoms with Crippen molar-refractivity contribution in [2.24, 2.45) is 0 Å². The van der Waals surface area contributed by atoms with Crippen molar-refractivity contribution in [3.63, 3.8) is 0 Å². The average molecular weight is 472 g/mol. The summed E-state index contributed by atoms with van der Waals surface area (Å²) in [5.41, 5.74) is 2.17. The van der Waals surface area contributed by atoms with Gasteiger partial charge in [-0.15, -0.1) is 0 Å². The molecule has 0 spiro atoms. The van der Waals surface area contributed by atoms with Gasteiger partial charge in [-0.3, -0.25) is 4.79 Å². The number of benzene rings is 3. The minimum Gasteiger partial charge on any atom is -0.495 e. The third kappa shape index (κ3) is 4.87. The number of methoxy groups -OCH3 is 1. The van der Waals surface area contributed by atoms with Crippen molar-refractivity contribution in [3.05, 3.63) is 90.0 Å². The van der Waals surface area contributed by atoms with Gasteiger partial charge in [0.05, 0.1) is 24.9 Å². The lowest BCUT2D eigenvalue weighted by atomic mass is 10.2. The van der Waals surface area contributed by atoms with E-state index in [1.807, 2.05) is 42.5 Å². The molecule has 8 heteroatoms. The smallest absolute Gasteiger partial charge is 0.251 e. The van der Waals surface area contributed by atoms with E-state index in [0.717, 1.165) is 54.3 Å². The molecule has 35 heavy (non-hydrogen) atoms. The van der Waals surface area contributed by atoms with Gasteiger partial charge in [0.2, 0.25) is 0 Å². The van der Waals surface area contributed by atoms with Gasteiger partial charge in [0.25, 0.3) is 5.91 Å². The van der Waals surface area contributed by atoms with Crippen molar-refractivity contribution in [2.45, 2.75) is 6.54 Å². The maximum absolute atomic E-state index is 13.5. The summed E-state index contributed by atoms with van der Waals surface area (Å²) in [5, 5.41) is 3.78. The summed E-state index contributed by atoms with van der Waals surface area (Å²) in [6.45, 7) is 3.37. The Bertz CT molecular complexity index is 1350. The molecule has 1 aliphatic rings. The lowest BCUT2D eigenvalue weighted by molar-refractivity contribution is 0.0949. The Kier molecular flexibility index (Phi) is 6.43. The van der Waals surface area contributed by atoms with Crippen molar-refractivity contribution < 1.29 is 13.9 Å². The molecule has 4 aromatic rings. The van der Waals surface area contributed by atoms with Crippen LogP contribution in [-0.2, 0) is 6.54 Å². The Morgan fingerprint density at radius 1 is 0.943 bits per heavy atom. The molecular formula is C27H26FN5O2. The van der Waals surface area contributed by atoms with Crippen LogP contribution in [0.15, 0.2) is 72.8 Å². The number of anilines is 2. The maximum atomic E-state index is 13.5. The molecule has 2 heterocycles. The zero-order valence-electron chi connectivity index (χ0n) is 19.4. The Labute approximate surface area is 203 Å². The van der Waals surface area contributed by atoms with Crippen LogP contribution in [0.2, 0.25) is 0 Å². The van der Waals surface area contributed by atoms with Gasteiger partial charge >= 0.3 is 0 Å². The summed E-state index contributed by atoms with van der Waals surface area (Å²) in [4.78, 5) is 26.5. The average Bonchev–Trinajstić information content (AvgIpc) is 2.91. The molecule has 1 saturated heterocycles. The quantitative estimate of drug-likeness (QED) is 0.458. The minimum absolute atomic E-state index is 0.147. The van der Waals surface area contributed by atoms with E-state index in [9.17, 15) is 9.18 Å². The normalized spacial score (nSPS) is 13.7. The highest BCUT2D eigenvalue weighted by atomic mass is 19.1. The van der Waals surface area contributed by atoms with Gasteiger partial charge in [-0.05, 0) is 42.5 Å². The molecule has 0 unspecified atom stereocenters. The summed E-state index contributed by atoms with van der Waals surface area (Å²) in [6, 6.07) is 21.5. The van der Waals surface area contributed by atoms with E-state index in [0.29, 0.717) is 5.82 Å². The molecule has 1 aliphatic heterocycles. The number of carbonyl (C=O) groups excluding carboxylic acids is 1. The first-order chi connectivity index (χ1) is 17.1. The number of hydrogen-bond acceptors (Lipinski definition) is 6. The van der Waals surface area contributed by atoms with Gasteiger partial charge in [-0.25, -0.2) is 14.4 Å². The molecule has 0 aliphatic carbocycles. The predicted octanol–water partition coefficient (Wildman–Crippen LogP) is 4.03. The molecule has 1 amide bonds. The number of carbonyl (C=O) groups is 1. The summed E-state index contributed by atoms with van der Waals surface area (Å²) < 4.78 is 19.0. The fraction of sp³-hybridized carbons (Fsp3) is 0.222. The van der Waals surface area contributed by atoms with Crippen LogP contribution in [0, 0.1) is 5.82 Å². The molecule has 0 radical (unpaired) electrons. The van der Waals surface area contributed by atoms with E-state index in [1.165, 1.54) is 18.2 Å². The lowest BCUT2D eigenvalue weighted by Gasteiger charge is -2.37. The second-order valence-corrected chi connectivity index (χ2v) is 8.32. The largest absolute Gasteiger partial charge is 0.495 e. The number of para-hydroxylation sites is 3. The van der Waals surface area contributed by atoms with Crippen molar-refractivity contribution in [3.8, 4) is 5.75 Å². The maximum Gasteiger partial charge on any atom is 0.251 e.